The second kappa shape index (κ2) is 8.37. The molecule has 3 rings (SSSR count). The van der Waals surface area contributed by atoms with Crippen molar-refractivity contribution in [2.75, 3.05) is 38.0 Å². The molecule has 2 amide bonds. The molecule has 2 aromatic rings. The van der Waals surface area contributed by atoms with Crippen molar-refractivity contribution in [3.63, 3.8) is 0 Å². The molecule has 1 aromatic carbocycles. The van der Waals surface area contributed by atoms with Crippen LogP contribution in [0, 0.1) is 5.82 Å². The van der Waals surface area contributed by atoms with Gasteiger partial charge in [0.15, 0.2) is 0 Å². The number of nitrogens with one attached hydrogen (secondary N) is 1. The van der Waals surface area contributed by atoms with Crippen molar-refractivity contribution >= 4 is 18.3 Å². The Hall–Kier alpha value is -3.03. The van der Waals surface area contributed by atoms with Crippen LogP contribution in [-0.4, -0.2) is 64.8 Å². The van der Waals surface area contributed by atoms with E-state index >= 15 is 0 Å². The molecule has 0 aliphatic carbocycles. The number of halogens is 1. The Balaban J connectivity index is 1.55. The summed E-state index contributed by atoms with van der Waals surface area (Å²) in [5.41, 5.74) is 1.32. The molecule has 1 N–H and O–H groups in total. The summed E-state index contributed by atoms with van der Waals surface area (Å²) < 4.78 is 12.9. The molecule has 1 aromatic heterocycles. The van der Waals surface area contributed by atoms with Crippen LogP contribution in [-0.2, 0) is 11.2 Å². The Bertz CT molecular complexity index is 760. The third kappa shape index (κ3) is 4.53. The SMILES string of the molecule is O=CN1CCN(C(=O)c2ccnc(NCCc3ccc(F)cc3)n2)CC1. The monoisotopic (exact) mass is 357 g/mol. The molecule has 0 atom stereocenters. The average molecular weight is 357 g/mol. The van der Waals surface area contributed by atoms with Crippen molar-refractivity contribution in [2.45, 2.75) is 6.42 Å². The topological polar surface area (TPSA) is 78.4 Å². The number of carbonyl (C=O) groups is 2. The molecule has 7 nitrogen and oxygen atoms in total. The van der Waals surface area contributed by atoms with Crippen LogP contribution in [0.5, 0.6) is 0 Å². The van der Waals surface area contributed by atoms with Crippen molar-refractivity contribution in [3.8, 4) is 0 Å². The molecule has 1 aliphatic heterocycles. The normalized spacial score (nSPS) is 14.2. The molecule has 26 heavy (non-hydrogen) atoms. The third-order valence-corrected chi connectivity index (χ3v) is 4.24. The quantitative estimate of drug-likeness (QED) is 0.786. The maximum atomic E-state index is 12.9. The summed E-state index contributed by atoms with van der Waals surface area (Å²) in [6.45, 7) is 2.62. The van der Waals surface area contributed by atoms with Gasteiger partial charge in [-0.1, -0.05) is 12.1 Å². The van der Waals surface area contributed by atoms with Crippen molar-refractivity contribution in [1.82, 2.24) is 19.8 Å². The molecule has 0 unspecified atom stereocenters. The van der Waals surface area contributed by atoms with E-state index < -0.39 is 0 Å². The lowest BCUT2D eigenvalue weighted by atomic mass is 10.1. The maximum Gasteiger partial charge on any atom is 0.272 e. The van der Waals surface area contributed by atoms with Crippen LogP contribution in [0.25, 0.3) is 0 Å². The predicted octanol–water partition coefficient (Wildman–Crippen LogP) is 1.18. The molecule has 0 spiro atoms. The van der Waals surface area contributed by atoms with Crippen LogP contribution < -0.4 is 5.32 Å². The largest absolute Gasteiger partial charge is 0.354 e. The highest BCUT2D eigenvalue weighted by atomic mass is 19.1. The fourth-order valence-corrected chi connectivity index (χ4v) is 2.73. The second-order valence-electron chi connectivity index (χ2n) is 6.00. The van der Waals surface area contributed by atoms with Crippen LogP contribution in [0.3, 0.4) is 0 Å². The molecule has 8 heteroatoms. The Kier molecular flexibility index (Phi) is 5.73. The van der Waals surface area contributed by atoms with Crippen LogP contribution >= 0.6 is 0 Å². The van der Waals surface area contributed by atoms with Gasteiger partial charge < -0.3 is 15.1 Å². The number of hydrogen-bond donors (Lipinski definition) is 1. The van der Waals surface area contributed by atoms with E-state index in [-0.39, 0.29) is 11.7 Å². The number of hydrogen-bond acceptors (Lipinski definition) is 5. The second-order valence-corrected chi connectivity index (χ2v) is 6.00. The molecule has 1 aliphatic rings. The zero-order chi connectivity index (χ0) is 18.4. The molecule has 136 valence electrons. The smallest absolute Gasteiger partial charge is 0.272 e. The van der Waals surface area contributed by atoms with E-state index in [9.17, 15) is 14.0 Å². The number of benzene rings is 1. The lowest BCUT2D eigenvalue weighted by molar-refractivity contribution is -0.119. The number of anilines is 1. The van der Waals surface area contributed by atoms with Crippen LogP contribution in [0.4, 0.5) is 10.3 Å². The van der Waals surface area contributed by atoms with Gasteiger partial charge in [0.2, 0.25) is 12.4 Å². The molecule has 1 saturated heterocycles. The summed E-state index contributed by atoms with van der Waals surface area (Å²) in [5.74, 6) is -0.0470. The van der Waals surface area contributed by atoms with Crippen molar-refractivity contribution < 1.29 is 14.0 Å². The summed E-state index contributed by atoms with van der Waals surface area (Å²) in [6.07, 6.45) is 3.03. The van der Waals surface area contributed by atoms with Crippen LogP contribution in [0.1, 0.15) is 16.1 Å². The van der Waals surface area contributed by atoms with E-state index in [1.165, 1.54) is 12.1 Å². The lowest BCUT2D eigenvalue weighted by Crippen LogP contribution is -2.48. The first-order valence-corrected chi connectivity index (χ1v) is 8.46. The molecule has 0 radical (unpaired) electrons. The van der Waals surface area contributed by atoms with Gasteiger partial charge in [0.25, 0.3) is 5.91 Å². The van der Waals surface area contributed by atoms with Gasteiger partial charge in [-0.15, -0.1) is 0 Å². The maximum absolute atomic E-state index is 12.9. The molecule has 1 fully saturated rings. The number of carbonyl (C=O) groups excluding carboxylic acids is 2. The number of amides is 2. The van der Waals surface area contributed by atoms with Crippen LogP contribution in [0.15, 0.2) is 36.5 Å². The van der Waals surface area contributed by atoms with E-state index in [0.29, 0.717) is 50.8 Å². The van der Waals surface area contributed by atoms with Gasteiger partial charge in [0.1, 0.15) is 11.5 Å². The van der Waals surface area contributed by atoms with Crippen molar-refractivity contribution in [3.05, 3.63) is 53.6 Å². The zero-order valence-corrected chi connectivity index (χ0v) is 14.3. The summed E-state index contributed by atoms with van der Waals surface area (Å²) >= 11 is 0. The van der Waals surface area contributed by atoms with E-state index in [2.05, 4.69) is 15.3 Å². The Labute approximate surface area is 150 Å². The molecule has 0 bridgehead atoms. The number of aromatic nitrogens is 2. The van der Waals surface area contributed by atoms with Gasteiger partial charge in [-0.05, 0) is 30.2 Å². The van der Waals surface area contributed by atoms with Gasteiger partial charge in [-0.25, -0.2) is 14.4 Å². The van der Waals surface area contributed by atoms with Gasteiger partial charge in [-0.2, -0.15) is 0 Å². The van der Waals surface area contributed by atoms with Crippen molar-refractivity contribution in [2.24, 2.45) is 0 Å². The Morgan fingerprint density at radius 1 is 1.15 bits per heavy atom. The summed E-state index contributed by atoms with van der Waals surface area (Å²) in [7, 11) is 0. The average Bonchev–Trinajstić information content (AvgIpc) is 2.69. The Morgan fingerprint density at radius 2 is 1.88 bits per heavy atom. The molecular weight excluding hydrogens is 337 g/mol. The highest BCUT2D eigenvalue weighted by molar-refractivity contribution is 5.92. The fourth-order valence-electron chi connectivity index (χ4n) is 2.73. The summed E-state index contributed by atoms with van der Waals surface area (Å²) in [5, 5.41) is 3.08. The van der Waals surface area contributed by atoms with E-state index in [0.717, 1.165) is 12.0 Å². The first-order chi connectivity index (χ1) is 12.7. The highest BCUT2D eigenvalue weighted by Gasteiger charge is 2.22. The van der Waals surface area contributed by atoms with Crippen molar-refractivity contribution in [1.29, 1.82) is 0 Å². The standard InChI is InChI=1S/C18H20FN5O2/c19-15-3-1-14(2-4-15)5-7-20-18-21-8-6-16(22-18)17(26)24-11-9-23(13-25)10-12-24/h1-4,6,8,13H,5,7,9-12H2,(H,20,21,22). The van der Waals surface area contributed by atoms with Gasteiger partial charge in [0, 0.05) is 38.9 Å². The van der Waals surface area contributed by atoms with Gasteiger partial charge in [-0.3, -0.25) is 9.59 Å². The minimum absolute atomic E-state index is 0.167. The van der Waals surface area contributed by atoms with E-state index in [1.807, 2.05) is 0 Å². The Morgan fingerprint density at radius 3 is 2.58 bits per heavy atom. The number of nitrogens with zero attached hydrogens (tertiary/aromatic N) is 4. The fraction of sp³-hybridized carbons (Fsp3) is 0.333. The first-order valence-electron chi connectivity index (χ1n) is 8.46. The van der Waals surface area contributed by atoms with Gasteiger partial charge >= 0.3 is 0 Å². The zero-order valence-electron chi connectivity index (χ0n) is 14.3. The van der Waals surface area contributed by atoms with E-state index in [1.54, 1.807) is 34.2 Å². The minimum Gasteiger partial charge on any atom is -0.354 e. The van der Waals surface area contributed by atoms with E-state index in [4.69, 9.17) is 0 Å². The molecule has 0 saturated carbocycles. The minimum atomic E-state index is -0.259. The van der Waals surface area contributed by atoms with Gasteiger partial charge in [0.05, 0.1) is 0 Å². The number of piperazine rings is 1. The number of rotatable bonds is 6. The predicted molar refractivity (Wildman–Crippen MR) is 94.2 cm³/mol. The molecular formula is C18H20FN5O2. The first kappa shape index (κ1) is 17.8. The molecule has 2 heterocycles. The van der Waals surface area contributed by atoms with Crippen LogP contribution in [0.2, 0.25) is 0 Å². The lowest BCUT2D eigenvalue weighted by Gasteiger charge is -2.32. The third-order valence-electron chi connectivity index (χ3n) is 4.24. The summed E-state index contributed by atoms with van der Waals surface area (Å²) in [4.78, 5) is 35.0. The highest BCUT2D eigenvalue weighted by Crippen LogP contribution is 2.09. The summed E-state index contributed by atoms with van der Waals surface area (Å²) in [6, 6.07) is 7.90.